The molecule has 0 fully saturated rings. The minimum atomic E-state index is -0.503. The molecule has 0 aliphatic rings. The number of aryl methyl sites for hydroxylation is 1. The lowest BCUT2D eigenvalue weighted by molar-refractivity contribution is 0.00694. The van der Waals surface area contributed by atoms with Crippen LogP contribution in [0.4, 0.5) is 0 Å². The lowest BCUT2D eigenvalue weighted by atomic mass is 9.97. The second-order valence-corrected chi connectivity index (χ2v) is 6.22. The summed E-state index contributed by atoms with van der Waals surface area (Å²) in [5, 5.41) is 8.84. The van der Waals surface area contributed by atoms with Crippen molar-refractivity contribution < 1.29 is 9.53 Å². The molecule has 112 valence electrons. The molecule has 0 heterocycles. The highest BCUT2D eigenvalue weighted by molar-refractivity contribution is 5.91. The molecule has 0 aliphatic carbocycles. The van der Waals surface area contributed by atoms with Crippen molar-refractivity contribution >= 4 is 5.97 Å². The Balaban J connectivity index is 2.30. The first-order valence-corrected chi connectivity index (χ1v) is 7.15. The lowest BCUT2D eigenvalue weighted by Gasteiger charge is -2.19. The van der Waals surface area contributed by atoms with Gasteiger partial charge in [-0.15, -0.1) is 0 Å². The Labute approximate surface area is 131 Å². The third-order valence-corrected chi connectivity index (χ3v) is 3.19. The van der Waals surface area contributed by atoms with Crippen LogP contribution in [0, 0.1) is 18.3 Å². The molecule has 0 spiro atoms. The van der Waals surface area contributed by atoms with E-state index in [0.717, 1.165) is 16.7 Å². The number of esters is 1. The first-order valence-electron chi connectivity index (χ1n) is 7.15. The molecule has 0 saturated carbocycles. The van der Waals surface area contributed by atoms with Gasteiger partial charge in [-0.3, -0.25) is 0 Å². The predicted molar refractivity (Wildman–Crippen MR) is 86.5 cm³/mol. The Hall–Kier alpha value is -2.60. The van der Waals surface area contributed by atoms with Crippen molar-refractivity contribution in [2.24, 2.45) is 0 Å². The van der Waals surface area contributed by atoms with Gasteiger partial charge in [-0.1, -0.05) is 18.2 Å². The average molecular weight is 293 g/mol. The van der Waals surface area contributed by atoms with E-state index in [9.17, 15) is 4.79 Å². The maximum absolute atomic E-state index is 12.1. The van der Waals surface area contributed by atoms with Crippen LogP contribution in [-0.4, -0.2) is 11.6 Å². The first-order chi connectivity index (χ1) is 10.3. The number of hydrogen-bond donors (Lipinski definition) is 0. The molecule has 0 saturated heterocycles. The Morgan fingerprint density at radius 1 is 1.09 bits per heavy atom. The van der Waals surface area contributed by atoms with E-state index >= 15 is 0 Å². The molecule has 3 heteroatoms. The van der Waals surface area contributed by atoms with E-state index < -0.39 is 5.60 Å². The molecule has 0 bridgehead atoms. The Morgan fingerprint density at radius 3 is 2.23 bits per heavy atom. The minimum absolute atomic E-state index is 0.318. The molecule has 0 aromatic heterocycles. The zero-order valence-electron chi connectivity index (χ0n) is 13.3. The van der Waals surface area contributed by atoms with E-state index in [0.29, 0.717) is 11.1 Å². The third kappa shape index (κ3) is 3.73. The zero-order chi connectivity index (χ0) is 16.3. The van der Waals surface area contributed by atoms with Gasteiger partial charge in [0.15, 0.2) is 0 Å². The third-order valence-electron chi connectivity index (χ3n) is 3.19. The van der Waals surface area contributed by atoms with Crippen molar-refractivity contribution in [1.29, 1.82) is 5.26 Å². The van der Waals surface area contributed by atoms with E-state index in [4.69, 9.17) is 10.00 Å². The van der Waals surface area contributed by atoms with Crippen molar-refractivity contribution in [1.82, 2.24) is 0 Å². The maximum Gasteiger partial charge on any atom is 0.338 e. The summed E-state index contributed by atoms with van der Waals surface area (Å²) in [7, 11) is 0. The number of nitriles is 1. The molecular weight excluding hydrogens is 274 g/mol. The van der Waals surface area contributed by atoms with Gasteiger partial charge in [-0.2, -0.15) is 5.26 Å². The monoisotopic (exact) mass is 293 g/mol. The highest BCUT2D eigenvalue weighted by Crippen LogP contribution is 2.25. The molecule has 0 unspecified atom stereocenters. The maximum atomic E-state index is 12.1. The SMILES string of the molecule is Cc1cc(C(=O)OC(C)(C)C)ccc1-c1ccc(C#N)cc1. The molecule has 0 atom stereocenters. The number of ether oxygens (including phenoxy) is 1. The molecule has 2 rings (SSSR count). The molecule has 0 aliphatic heterocycles. The van der Waals surface area contributed by atoms with E-state index in [1.807, 2.05) is 52.0 Å². The second kappa shape index (κ2) is 6.03. The van der Waals surface area contributed by atoms with Crippen LogP contribution >= 0.6 is 0 Å². The van der Waals surface area contributed by atoms with Crippen LogP contribution in [0.25, 0.3) is 11.1 Å². The number of nitrogens with zero attached hydrogens (tertiary/aromatic N) is 1. The first kappa shape index (κ1) is 15.8. The van der Waals surface area contributed by atoms with Crippen LogP contribution in [0.1, 0.15) is 42.3 Å². The van der Waals surface area contributed by atoms with Crippen LogP contribution in [0.15, 0.2) is 42.5 Å². The van der Waals surface area contributed by atoms with Crippen molar-refractivity contribution in [3.63, 3.8) is 0 Å². The predicted octanol–water partition coefficient (Wildman–Crippen LogP) is 4.49. The molecule has 0 amide bonds. The van der Waals surface area contributed by atoms with Crippen molar-refractivity contribution in [3.8, 4) is 17.2 Å². The van der Waals surface area contributed by atoms with Gasteiger partial charge in [-0.25, -0.2) is 4.79 Å². The van der Waals surface area contributed by atoms with Gasteiger partial charge in [0, 0.05) is 0 Å². The van der Waals surface area contributed by atoms with Gasteiger partial charge < -0.3 is 4.74 Å². The van der Waals surface area contributed by atoms with Gasteiger partial charge in [0.1, 0.15) is 5.60 Å². The fraction of sp³-hybridized carbons (Fsp3) is 0.263. The molecule has 0 radical (unpaired) electrons. The van der Waals surface area contributed by atoms with Crippen LogP contribution in [0.3, 0.4) is 0 Å². The van der Waals surface area contributed by atoms with Crippen LogP contribution in [0.5, 0.6) is 0 Å². The van der Waals surface area contributed by atoms with Crippen LogP contribution in [-0.2, 0) is 4.74 Å². The Kier molecular flexibility index (Phi) is 4.32. The summed E-state index contributed by atoms with van der Waals surface area (Å²) < 4.78 is 5.38. The summed E-state index contributed by atoms with van der Waals surface area (Å²) in [6.45, 7) is 7.51. The van der Waals surface area contributed by atoms with Gasteiger partial charge in [-0.05, 0) is 68.7 Å². The summed E-state index contributed by atoms with van der Waals surface area (Å²) >= 11 is 0. The zero-order valence-corrected chi connectivity index (χ0v) is 13.3. The topological polar surface area (TPSA) is 50.1 Å². The summed E-state index contributed by atoms with van der Waals surface area (Å²) in [5.74, 6) is -0.318. The van der Waals surface area contributed by atoms with Gasteiger partial charge in [0.25, 0.3) is 0 Å². The average Bonchev–Trinajstić information content (AvgIpc) is 2.45. The van der Waals surface area contributed by atoms with Gasteiger partial charge >= 0.3 is 5.97 Å². The Bertz CT molecular complexity index is 732. The number of carbonyl (C=O) groups excluding carboxylic acids is 1. The smallest absolute Gasteiger partial charge is 0.338 e. The molecule has 2 aromatic carbocycles. The summed E-state index contributed by atoms with van der Waals surface area (Å²) in [4.78, 5) is 12.1. The number of rotatable bonds is 2. The molecule has 3 nitrogen and oxygen atoms in total. The fourth-order valence-electron chi connectivity index (χ4n) is 2.18. The van der Waals surface area contributed by atoms with Gasteiger partial charge in [0.05, 0.1) is 17.2 Å². The normalized spacial score (nSPS) is 10.9. The largest absolute Gasteiger partial charge is 0.456 e. The summed E-state index contributed by atoms with van der Waals surface area (Å²) in [6, 6.07) is 15.0. The fourth-order valence-corrected chi connectivity index (χ4v) is 2.18. The van der Waals surface area contributed by atoms with Crippen LogP contribution in [0.2, 0.25) is 0 Å². The minimum Gasteiger partial charge on any atom is -0.456 e. The number of hydrogen-bond acceptors (Lipinski definition) is 3. The lowest BCUT2D eigenvalue weighted by Crippen LogP contribution is -2.23. The van der Waals surface area contributed by atoms with E-state index in [2.05, 4.69) is 6.07 Å². The molecular formula is C19H19NO2. The molecule has 22 heavy (non-hydrogen) atoms. The Morgan fingerprint density at radius 2 is 1.73 bits per heavy atom. The van der Waals surface area contributed by atoms with E-state index in [-0.39, 0.29) is 5.97 Å². The highest BCUT2D eigenvalue weighted by Gasteiger charge is 2.18. The van der Waals surface area contributed by atoms with E-state index in [1.54, 1.807) is 18.2 Å². The number of benzene rings is 2. The quantitative estimate of drug-likeness (QED) is 0.766. The van der Waals surface area contributed by atoms with Crippen molar-refractivity contribution in [2.45, 2.75) is 33.3 Å². The standard InChI is InChI=1S/C19H19NO2/c1-13-11-16(18(21)22-19(2,3)4)9-10-17(13)15-7-5-14(12-20)6-8-15/h5-11H,1-4H3. The van der Waals surface area contributed by atoms with Crippen molar-refractivity contribution in [2.75, 3.05) is 0 Å². The van der Waals surface area contributed by atoms with E-state index in [1.165, 1.54) is 0 Å². The van der Waals surface area contributed by atoms with Crippen LogP contribution < -0.4 is 0 Å². The summed E-state index contributed by atoms with van der Waals surface area (Å²) in [5.41, 5.74) is 3.73. The highest BCUT2D eigenvalue weighted by atomic mass is 16.6. The summed E-state index contributed by atoms with van der Waals surface area (Å²) in [6.07, 6.45) is 0. The second-order valence-electron chi connectivity index (χ2n) is 6.22. The van der Waals surface area contributed by atoms with Crippen molar-refractivity contribution in [3.05, 3.63) is 59.2 Å². The molecule has 2 aromatic rings. The molecule has 0 N–H and O–H groups in total. The van der Waals surface area contributed by atoms with Gasteiger partial charge in [0.2, 0.25) is 0 Å². The number of carbonyl (C=O) groups is 1.